The van der Waals surface area contributed by atoms with Crippen LogP contribution in [0, 0.1) is 6.92 Å². The van der Waals surface area contributed by atoms with E-state index in [2.05, 4.69) is 29.4 Å². The molecule has 0 radical (unpaired) electrons. The zero-order chi connectivity index (χ0) is 13.0. The molecule has 0 aliphatic heterocycles. The summed E-state index contributed by atoms with van der Waals surface area (Å²) in [6.45, 7) is 4.39. The van der Waals surface area contributed by atoms with Gasteiger partial charge in [0, 0.05) is 12.2 Å². The lowest BCUT2D eigenvalue weighted by Crippen LogP contribution is -2.05. The smallest absolute Gasteiger partial charge is 0.163 e. The van der Waals surface area contributed by atoms with Crippen molar-refractivity contribution in [3.05, 3.63) is 53.3 Å². The second-order valence-corrected chi connectivity index (χ2v) is 4.51. The molecule has 18 heavy (non-hydrogen) atoms. The highest BCUT2D eigenvalue weighted by atomic mass is 16.1. The number of ketones is 1. The third kappa shape index (κ3) is 2.86. The van der Waals surface area contributed by atoms with Crippen LogP contribution in [0.15, 0.2) is 36.5 Å². The van der Waals surface area contributed by atoms with Crippen LogP contribution in [0.5, 0.6) is 0 Å². The van der Waals surface area contributed by atoms with Gasteiger partial charge >= 0.3 is 0 Å². The normalized spacial score (nSPS) is 10.6. The number of hydrogen-bond donors (Lipinski definition) is 0. The number of aromatic nitrogens is 2. The Balaban J connectivity index is 1.93. The van der Waals surface area contributed by atoms with E-state index in [0.29, 0.717) is 0 Å². The third-order valence-corrected chi connectivity index (χ3v) is 3.16. The highest BCUT2D eigenvalue weighted by Gasteiger charge is 2.09. The zero-order valence-corrected chi connectivity index (χ0v) is 10.9. The summed E-state index contributed by atoms with van der Waals surface area (Å²) in [5.41, 5.74) is 3.04. The van der Waals surface area contributed by atoms with E-state index in [9.17, 15) is 4.79 Å². The molecule has 1 aromatic carbocycles. The van der Waals surface area contributed by atoms with Crippen LogP contribution in [-0.4, -0.2) is 15.6 Å². The molecular formula is C15H18N2O. The van der Waals surface area contributed by atoms with Gasteiger partial charge in [-0.05, 0) is 32.3 Å². The van der Waals surface area contributed by atoms with E-state index in [1.54, 1.807) is 13.1 Å². The van der Waals surface area contributed by atoms with Gasteiger partial charge in [0.1, 0.15) is 0 Å². The molecule has 3 nitrogen and oxygen atoms in total. The average Bonchev–Trinajstić information content (AvgIpc) is 2.73. The van der Waals surface area contributed by atoms with Crippen LogP contribution in [-0.2, 0) is 13.0 Å². The predicted molar refractivity (Wildman–Crippen MR) is 71.7 cm³/mol. The SMILES string of the molecule is CC(=O)c1cnn(CCCc2ccccc2)c1C. The molecule has 0 aliphatic rings. The lowest BCUT2D eigenvalue weighted by Gasteiger charge is -2.05. The van der Waals surface area contributed by atoms with E-state index >= 15 is 0 Å². The van der Waals surface area contributed by atoms with Gasteiger partial charge in [0.25, 0.3) is 0 Å². The van der Waals surface area contributed by atoms with Crippen molar-refractivity contribution >= 4 is 5.78 Å². The summed E-state index contributed by atoms with van der Waals surface area (Å²) in [6.07, 6.45) is 3.74. The van der Waals surface area contributed by atoms with Gasteiger partial charge in [-0.1, -0.05) is 30.3 Å². The van der Waals surface area contributed by atoms with Crippen LogP contribution in [0.4, 0.5) is 0 Å². The standard InChI is InChI=1S/C15H18N2O/c1-12-15(13(2)18)11-16-17(12)10-6-9-14-7-4-3-5-8-14/h3-5,7-8,11H,6,9-10H2,1-2H3. The van der Waals surface area contributed by atoms with Gasteiger partial charge in [-0.3, -0.25) is 9.48 Å². The second kappa shape index (κ2) is 5.63. The Hall–Kier alpha value is -1.90. The fourth-order valence-electron chi connectivity index (χ4n) is 2.10. The summed E-state index contributed by atoms with van der Waals surface area (Å²) in [5, 5.41) is 4.26. The largest absolute Gasteiger partial charge is 0.294 e. The molecule has 0 saturated carbocycles. The Morgan fingerprint density at radius 1 is 1.28 bits per heavy atom. The minimum absolute atomic E-state index is 0.0850. The molecule has 0 amide bonds. The van der Waals surface area contributed by atoms with Gasteiger partial charge in [0.05, 0.1) is 11.8 Å². The summed E-state index contributed by atoms with van der Waals surface area (Å²) in [4.78, 5) is 11.3. The quantitative estimate of drug-likeness (QED) is 0.755. The van der Waals surface area contributed by atoms with Gasteiger partial charge in [0.15, 0.2) is 5.78 Å². The molecule has 0 fully saturated rings. The fourth-order valence-corrected chi connectivity index (χ4v) is 2.10. The lowest BCUT2D eigenvalue weighted by atomic mass is 10.1. The highest BCUT2D eigenvalue weighted by Crippen LogP contribution is 2.10. The summed E-state index contributed by atoms with van der Waals surface area (Å²) in [7, 11) is 0. The molecule has 2 aromatic rings. The Labute approximate surface area is 107 Å². The van der Waals surface area contributed by atoms with Crippen molar-refractivity contribution in [1.82, 2.24) is 9.78 Å². The number of carbonyl (C=O) groups excluding carboxylic acids is 1. The molecule has 0 aliphatic carbocycles. The fraction of sp³-hybridized carbons (Fsp3) is 0.333. The monoisotopic (exact) mass is 242 g/mol. The maximum atomic E-state index is 11.3. The van der Waals surface area contributed by atoms with Crippen molar-refractivity contribution in [1.29, 1.82) is 0 Å². The number of aryl methyl sites for hydroxylation is 2. The molecule has 0 saturated heterocycles. The van der Waals surface area contributed by atoms with Crippen LogP contribution in [0.1, 0.15) is 35.0 Å². The van der Waals surface area contributed by atoms with Crippen molar-refractivity contribution in [3.63, 3.8) is 0 Å². The Morgan fingerprint density at radius 2 is 2.00 bits per heavy atom. The maximum absolute atomic E-state index is 11.3. The summed E-state index contributed by atoms with van der Waals surface area (Å²) < 4.78 is 1.92. The molecule has 1 aromatic heterocycles. The Kier molecular flexibility index (Phi) is 3.92. The predicted octanol–water partition coefficient (Wildman–Crippen LogP) is 3.03. The van der Waals surface area contributed by atoms with Crippen molar-refractivity contribution in [2.75, 3.05) is 0 Å². The van der Waals surface area contributed by atoms with Crippen molar-refractivity contribution in [3.8, 4) is 0 Å². The number of rotatable bonds is 5. The van der Waals surface area contributed by atoms with Gasteiger partial charge in [-0.15, -0.1) is 0 Å². The molecule has 2 rings (SSSR count). The van der Waals surface area contributed by atoms with E-state index in [4.69, 9.17) is 0 Å². The summed E-state index contributed by atoms with van der Waals surface area (Å²) in [5.74, 6) is 0.0850. The number of Topliss-reactive ketones (excluding diaryl/α,β-unsaturated/α-hetero) is 1. The number of benzene rings is 1. The highest BCUT2D eigenvalue weighted by molar-refractivity contribution is 5.94. The first-order chi connectivity index (χ1) is 8.68. The summed E-state index contributed by atoms with van der Waals surface area (Å²) in [6, 6.07) is 10.4. The Morgan fingerprint density at radius 3 is 2.61 bits per heavy atom. The summed E-state index contributed by atoms with van der Waals surface area (Å²) >= 11 is 0. The molecule has 1 heterocycles. The van der Waals surface area contributed by atoms with Crippen LogP contribution >= 0.6 is 0 Å². The van der Waals surface area contributed by atoms with Gasteiger partial charge in [0.2, 0.25) is 0 Å². The number of nitrogens with zero attached hydrogens (tertiary/aromatic N) is 2. The van der Waals surface area contributed by atoms with Gasteiger partial charge < -0.3 is 0 Å². The first-order valence-electron chi connectivity index (χ1n) is 6.26. The Bertz CT molecular complexity index is 529. The van der Waals surface area contributed by atoms with E-state index < -0.39 is 0 Å². The third-order valence-electron chi connectivity index (χ3n) is 3.16. The van der Waals surface area contributed by atoms with Gasteiger partial charge in [-0.2, -0.15) is 5.10 Å². The van der Waals surface area contributed by atoms with E-state index in [0.717, 1.165) is 30.6 Å². The molecule has 0 atom stereocenters. The molecule has 0 spiro atoms. The van der Waals surface area contributed by atoms with Crippen molar-refractivity contribution in [2.24, 2.45) is 0 Å². The van der Waals surface area contributed by atoms with E-state index in [1.165, 1.54) is 5.56 Å². The van der Waals surface area contributed by atoms with E-state index in [1.807, 2.05) is 17.7 Å². The minimum atomic E-state index is 0.0850. The van der Waals surface area contributed by atoms with E-state index in [-0.39, 0.29) is 5.78 Å². The van der Waals surface area contributed by atoms with Crippen LogP contribution in [0.25, 0.3) is 0 Å². The van der Waals surface area contributed by atoms with Gasteiger partial charge in [-0.25, -0.2) is 0 Å². The molecule has 0 bridgehead atoms. The molecule has 0 unspecified atom stereocenters. The van der Waals surface area contributed by atoms with Crippen LogP contribution in [0.3, 0.4) is 0 Å². The van der Waals surface area contributed by atoms with Crippen LogP contribution < -0.4 is 0 Å². The van der Waals surface area contributed by atoms with Crippen molar-refractivity contribution < 1.29 is 4.79 Å². The maximum Gasteiger partial charge on any atom is 0.163 e. The molecular weight excluding hydrogens is 224 g/mol. The topological polar surface area (TPSA) is 34.9 Å². The second-order valence-electron chi connectivity index (χ2n) is 4.51. The molecule has 94 valence electrons. The molecule has 3 heteroatoms. The van der Waals surface area contributed by atoms with Crippen LogP contribution in [0.2, 0.25) is 0 Å². The minimum Gasteiger partial charge on any atom is -0.294 e. The average molecular weight is 242 g/mol. The first-order valence-corrected chi connectivity index (χ1v) is 6.26. The first kappa shape index (κ1) is 12.6. The lowest BCUT2D eigenvalue weighted by molar-refractivity contribution is 0.101. The number of carbonyl (C=O) groups is 1. The number of hydrogen-bond acceptors (Lipinski definition) is 2. The molecule has 0 N–H and O–H groups in total. The van der Waals surface area contributed by atoms with Crippen molar-refractivity contribution in [2.45, 2.75) is 33.2 Å². The zero-order valence-electron chi connectivity index (χ0n) is 10.9.